The number of hydrogen-bond donors (Lipinski definition) is 0. The highest BCUT2D eigenvalue weighted by Gasteiger charge is 2.35. The van der Waals surface area contributed by atoms with Gasteiger partial charge < -0.3 is 4.74 Å². The van der Waals surface area contributed by atoms with E-state index in [0.717, 1.165) is 18.4 Å². The molecule has 0 spiro atoms. The summed E-state index contributed by atoms with van der Waals surface area (Å²) in [4.78, 5) is 16.4. The summed E-state index contributed by atoms with van der Waals surface area (Å²) in [6.45, 7) is 13.2. The average molecular weight is 291 g/mol. The highest BCUT2D eigenvalue weighted by atomic mass is 16.5. The van der Waals surface area contributed by atoms with Gasteiger partial charge in [-0.3, -0.25) is 9.78 Å². The third kappa shape index (κ3) is 6.74. The van der Waals surface area contributed by atoms with Crippen LogP contribution in [0.2, 0.25) is 0 Å². The van der Waals surface area contributed by atoms with E-state index in [2.05, 4.69) is 46.5 Å². The highest BCUT2D eigenvalue weighted by molar-refractivity contribution is 5.73. The minimum atomic E-state index is -0.0823. The van der Waals surface area contributed by atoms with E-state index in [-0.39, 0.29) is 22.7 Å². The van der Waals surface area contributed by atoms with Gasteiger partial charge in [0.1, 0.15) is 0 Å². The van der Waals surface area contributed by atoms with Crippen LogP contribution in [-0.2, 0) is 16.0 Å². The molecule has 0 aliphatic carbocycles. The van der Waals surface area contributed by atoms with Crippen molar-refractivity contribution in [3.63, 3.8) is 0 Å². The normalized spacial score (nSPS) is 13.8. The lowest BCUT2D eigenvalue weighted by molar-refractivity contribution is -0.153. The second kappa shape index (κ2) is 7.06. The smallest absolute Gasteiger partial charge is 0.309 e. The molecule has 0 radical (unpaired) electrons. The van der Waals surface area contributed by atoms with Crippen molar-refractivity contribution in [2.24, 2.45) is 16.7 Å². The van der Waals surface area contributed by atoms with Crippen molar-refractivity contribution in [2.45, 2.75) is 54.4 Å². The molecule has 0 aliphatic rings. The van der Waals surface area contributed by atoms with Crippen molar-refractivity contribution in [3.05, 3.63) is 30.1 Å². The van der Waals surface area contributed by atoms with E-state index in [1.165, 1.54) is 0 Å². The Morgan fingerprint density at radius 2 is 1.71 bits per heavy atom. The van der Waals surface area contributed by atoms with Gasteiger partial charge in [0.2, 0.25) is 0 Å². The quantitative estimate of drug-likeness (QED) is 0.761. The van der Waals surface area contributed by atoms with Crippen LogP contribution >= 0.6 is 0 Å². The van der Waals surface area contributed by atoms with Crippen LogP contribution in [0.1, 0.15) is 53.5 Å². The lowest BCUT2D eigenvalue weighted by atomic mass is 9.72. The first-order valence-electron chi connectivity index (χ1n) is 7.65. The van der Waals surface area contributed by atoms with E-state index in [4.69, 9.17) is 4.74 Å². The van der Waals surface area contributed by atoms with E-state index in [1.807, 2.05) is 12.1 Å². The topological polar surface area (TPSA) is 39.2 Å². The molecule has 118 valence electrons. The molecule has 0 bridgehead atoms. The Morgan fingerprint density at radius 3 is 2.19 bits per heavy atom. The molecule has 0 N–H and O–H groups in total. The predicted molar refractivity (Wildman–Crippen MR) is 85.9 cm³/mol. The molecule has 3 heteroatoms. The fourth-order valence-electron chi connectivity index (χ4n) is 2.27. The van der Waals surface area contributed by atoms with Crippen molar-refractivity contribution in [1.29, 1.82) is 0 Å². The second-order valence-corrected chi connectivity index (χ2v) is 7.96. The average Bonchev–Trinajstić information content (AvgIpc) is 2.35. The molecule has 1 aromatic heterocycles. The van der Waals surface area contributed by atoms with Gasteiger partial charge >= 0.3 is 5.97 Å². The molecule has 0 saturated carbocycles. The molecule has 0 aromatic carbocycles. The number of pyridine rings is 1. The van der Waals surface area contributed by atoms with Gasteiger partial charge in [0.05, 0.1) is 12.5 Å². The number of hydrogen-bond acceptors (Lipinski definition) is 3. The number of aromatic nitrogens is 1. The van der Waals surface area contributed by atoms with E-state index in [1.54, 1.807) is 12.4 Å². The first kappa shape index (κ1) is 17.7. The highest BCUT2D eigenvalue weighted by Crippen LogP contribution is 2.36. The molecule has 0 saturated heterocycles. The molecule has 3 nitrogen and oxygen atoms in total. The van der Waals surface area contributed by atoms with E-state index in [0.29, 0.717) is 6.61 Å². The summed E-state index contributed by atoms with van der Waals surface area (Å²) in [5.41, 5.74) is 1.17. The van der Waals surface area contributed by atoms with Gasteiger partial charge in [0.15, 0.2) is 0 Å². The maximum atomic E-state index is 12.4. The number of rotatable bonds is 5. The van der Waals surface area contributed by atoms with Gasteiger partial charge in [-0.25, -0.2) is 0 Å². The molecule has 1 rings (SSSR count). The summed E-state index contributed by atoms with van der Waals surface area (Å²) in [6, 6.07) is 3.90. The van der Waals surface area contributed by atoms with Crippen molar-refractivity contribution in [2.75, 3.05) is 6.61 Å². The van der Waals surface area contributed by atoms with E-state index >= 15 is 0 Å². The molecule has 1 heterocycles. The predicted octanol–water partition coefficient (Wildman–Crippen LogP) is 4.27. The standard InChI is InChI=1S/C18H29NO2/c1-17(2,3)13-15(18(4,5)6)16(20)21-12-9-14-7-10-19-11-8-14/h7-8,10-11,15H,9,12-13H2,1-6H3. The zero-order chi connectivity index (χ0) is 16.1. The van der Waals surface area contributed by atoms with Crippen LogP contribution in [0.4, 0.5) is 0 Å². The molecular formula is C18H29NO2. The monoisotopic (exact) mass is 291 g/mol. The Morgan fingerprint density at radius 1 is 1.14 bits per heavy atom. The van der Waals surface area contributed by atoms with Crippen molar-refractivity contribution >= 4 is 5.97 Å². The molecule has 0 amide bonds. The minimum Gasteiger partial charge on any atom is -0.465 e. The van der Waals surface area contributed by atoms with Gasteiger partial charge in [-0.1, -0.05) is 41.5 Å². The Labute approximate surface area is 129 Å². The van der Waals surface area contributed by atoms with Gasteiger partial charge in [-0.05, 0) is 34.9 Å². The first-order chi connectivity index (χ1) is 9.59. The number of carbonyl (C=O) groups is 1. The molecule has 21 heavy (non-hydrogen) atoms. The molecular weight excluding hydrogens is 262 g/mol. The SMILES string of the molecule is CC(C)(C)CC(C(=O)OCCc1ccncc1)C(C)(C)C. The molecule has 1 atom stereocenters. The Bertz CT molecular complexity index is 441. The summed E-state index contributed by atoms with van der Waals surface area (Å²) in [5.74, 6) is -0.151. The van der Waals surface area contributed by atoms with Crippen LogP contribution in [0.15, 0.2) is 24.5 Å². The lowest BCUT2D eigenvalue weighted by Gasteiger charge is -2.33. The maximum absolute atomic E-state index is 12.4. The van der Waals surface area contributed by atoms with Crippen LogP contribution in [0, 0.1) is 16.7 Å². The Kier molecular flexibility index (Phi) is 5.94. The zero-order valence-electron chi connectivity index (χ0n) is 14.3. The van der Waals surface area contributed by atoms with Crippen molar-refractivity contribution in [1.82, 2.24) is 4.98 Å². The molecule has 1 aromatic rings. The van der Waals surface area contributed by atoms with Crippen LogP contribution in [0.5, 0.6) is 0 Å². The maximum Gasteiger partial charge on any atom is 0.309 e. The van der Waals surface area contributed by atoms with Crippen LogP contribution in [0.3, 0.4) is 0 Å². The number of ether oxygens (including phenoxy) is 1. The van der Waals surface area contributed by atoms with Crippen LogP contribution < -0.4 is 0 Å². The molecule has 1 unspecified atom stereocenters. The van der Waals surface area contributed by atoms with E-state index in [9.17, 15) is 4.79 Å². The molecule has 0 aliphatic heterocycles. The summed E-state index contributed by atoms with van der Waals surface area (Å²) in [5, 5.41) is 0. The number of nitrogens with zero attached hydrogens (tertiary/aromatic N) is 1. The zero-order valence-corrected chi connectivity index (χ0v) is 14.3. The first-order valence-corrected chi connectivity index (χ1v) is 7.65. The van der Waals surface area contributed by atoms with Crippen LogP contribution in [-0.4, -0.2) is 17.6 Å². The Hall–Kier alpha value is -1.38. The van der Waals surface area contributed by atoms with E-state index < -0.39 is 0 Å². The van der Waals surface area contributed by atoms with Gasteiger partial charge in [0, 0.05) is 18.8 Å². The fraction of sp³-hybridized carbons (Fsp3) is 0.667. The van der Waals surface area contributed by atoms with Crippen molar-refractivity contribution in [3.8, 4) is 0 Å². The summed E-state index contributed by atoms with van der Waals surface area (Å²) < 4.78 is 5.52. The lowest BCUT2D eigenvalue weighted by Crippen LogP contribution is -2.34. The number of carbonyl (C=O) groups excluding carboxylic acids is 1. The summed E-state index contributed by atoms with van der Waals surface area (Å²) in [7, 11) is 0. The Balaban J connectivity index is 2.57. The third-order valence-electron chi connectivity index (χ3n) is 3.53. The molecule has 0 fully saturated rings. The second-order valence-electron chi connectivity index (χ2n) is 7.96. The number of esters is 1. The third-order valence-corrected chi connectivity index (χ3v) is 3.53. The summed E-state index contributed by atoms with van der Waals surface area (Å²) in [6.07, 6.45) is 5.09. The summed E-state index contributed by atoms with van der Waals surface area (Å²) >= 11 is 0. The van der Waals surface area contributed by atoms with Gasteiger partial charge in [0.25, 0.3) is 0 Å². The fourth-order valence-corrected chi connectivity index (χ4v) is 2.27. The van der Waals surface area contributed by atoms with Crippen molar-refractivity contribution < 1.29 is 9.53 Å². The van der Waals surface area contributed by atoms with Crippen LogP contribution in [0.25, 0.3) is 0 Å². The minimum absolute atomic E-state index is 0.0741. The van der Waals surface area contributed by atoms with Gasteiger partial charge in [-0.2, -0.15) is 0 Å². The van der Waals surface area contributed by atoms with Gasteiger partial charge in [-0.15, -0.1) is 0 Å². The largest absolute Gasteiger partial charge is 0.465 e.